The molecule has 0 fully saturated rings. The zero-order valence-corrected chi connectivity index (χ0v) is 14.3. The fraction of sp³-hybridized carbons (Fsp3) is 0.154. The molecule has 1 aromatic heterocycles. The minimum atomic E-state index is -0.783. The van der Waals surface area contributed by atoms with Gasteiger partial charge in [-0.25, -0.2) is 9.48 Å². The molecule has 1 heterocycles. The van der Waals surface area contributed by atoms with Crippen LogP contribution in [0.2, 0.25) is 0 Å². The van der Waals surface area contributed by atoms with Gasteiger partial charge in [0, 0.05) is 22.8 Å². The third kappa shape index (κ3) is 3.16. The lowest BCUT2D eigenvalue weighted by Crippen LogP contribution is -2.21. The van der Waals surface area contributed by atoms with Gasteiger partial charge in [-0.1, -0.05) is 0 Å². The molecule has 0 aliphatic heterocycles. The third-order valence-corrected chi connectivity index (χ3v) is 3.91. The second-order valence-electron chi connectivity index (χ2n) is 3.90. The molecular formula is C13H10Br2N2O4. The van der Waals surface area contributed by atoms with Gasteiger partial charge < -0.3 is 9.47 Å². The molecule has 0 unspecified atom stereocenters. The van der Waals surface area contributed by atoms with Crippen LogP contribution < -0.4 is 10.2 Å². The Bertz CT molecular complexity index is 758. The summed E-state index contributed by atoms with van der Waals surface area (Å²) in [7, 11) is 2.73. The Morgan fingerprint density at radius 2 is 1.95 bits per heavy atom. The van der Waals surface area contributed by atoms with Crippen molar-refractivity contribution < 1.29 is 14.3 Å². The number of rotatable bonds is 3. The van der Waals surface area contributed by atoms with Crippen molar-refractivity contribution in [1.82, 2.24) is 9.78 Å². The molecular weight excluding hydrogens is 408 g/mol. The van der Waals surface area contributed by atoms with Gasteiger partial charge in [-0.05, 0) is 37.9 Å². The van der Waals surface area contributed by atoms with Gasteiger partial charge in [0.2, 0.25) is 11.1 Å². The summed E-state index contributed by atoms with van der Waals surface area (Å²) in [6, 6.07) is 4.75. The summed E-state index contributed by atoms with van der Waals surface area (Å²) in [5.41, 5.74) is -0.174. The Kier molecular flexibility index (Phi) is 4.79. The maximum Gasteiger partial charge on any atom is 0.362 e. The number of nitrogens with zero attached hydrogens (tertiary/aromatic N) is 2. The van der Waals surface area contributed by atoms with Crippen molar-refractivity contribution in [2.45, 2.75) is 0 Å². The Morgan fingerprint density at radius 1 is 1.24 bits per heavy atom. The molecule has 0 aliphatic rings. The molecule has 0 atom stereocenters. The maximum atomic E-state index is 11.6. The van der Waals surface area contributed by atoms with Gasteiger partial charge in [0.15, 0.2) is 0 Å². The molecule has 21 heavy (non-hydrogen) atoms. The first kappa shape index (κ1) is 15.7. The normalized spacial score (nSPS) is 10.3. The minimum Gasteiger partial charge on any atom is -0.495 e. The van der Waals surface area contributed by atoms with Crippen LogP contribution in [-0.4, -0.2) is 30.0 Å². The van der Waals surface area contributed by atoms with Gasteiger partial charge in [0.05, 0.1) is 24.4 Å². The summed E-state index contributed by atoms with van der Waals surface area (Å²) < 4.78 is 12.6. The summed E-state index contributed by atoms with van der Waals surface area (Å²) in [4.78, 5) is 23.2. The van der Waals surface area contributed by atoms with Crippen molar-refractivity contribution in [2.24, 2.45) is 0 Å². The van der Waals surface area contributed by atoms with E-state index in [1.807, 2.05) is 0 Å². The van der Waals surface area contributed by atoms with Gasteiger partial charge in [-0.3, -0.25) is 4.79 Å². The highest BCUT2D eigenvalue weighted by molar-refractivity contribution is 9.11. The van der Waals surface area contributed by atoms with Crippen LogP contribution in [-0.2, 0) is 4.74 Å². The van der Waals surface area contributed by atoms with Crippen LogP contribution in [0, 0.1) is 0 Å². The largest absolute Gasteiger partial charge is 0.495 e. The lowest BCUT2D eigenvalue weighted by atomic mass is 10.3. The number of ether oxygens (including phenoxy) is 2. The van der Waals surface area contributed by atoms with Gasteiger partial charge in [-0.15, -0.1) is 0 Å². The van der Waals surface area contributed by atoms with Crippen LogP contribution in [0.15, 0.2) is 38.1 Å². The van der Waals surface area contributed by atoms with E-state index in [4.69, 9.17) is 4.74 Å². The smallest absolute Gasteiger partial charge is 0.362 e. The molecule has 8 heteroatoms. The molecule has 2 rings (SSSR count). The summed E-state index contributed by atoms with van der Waals surface area (Å²) >= 11 is 6.77. The van der Waals surface area contributed by atoms with Crippen molar-refractivity contribution in [2.75, 3.05) is 14.2 Å². The van der Waals surface area contributed by atoms with Crippen LogP contribution >= 0.6 is 31.9 Å². The van der Waals surface area contributed by atoms with E-state index in [9.17, 15) is 9.59 Å². The average molecular weight is 418 g/mol. The van der Waals surface area contributed by atoms with Crippen LogP contribution in [0.25, 0.3) is 5.69 Å². The number of methoxy groups -OCH3 is 2. The van der Waals surface area contributed by atoms with E-state index in [-0.39, 0.29) is 5.69 Å². The molecule has 0 spiro atoms. The summed E-state index contributed by atoms with van der Waals surface area (Å²) in [5.74, 6) is -0.192. The standard InChI is InChI=1S/C13H10Br2N2O4/c1-20-11-6-9(7(14)5-8(11)15)17-4-3-10(18)12(16-17)13(19)21-2/h3-6H,1-2H3. The number of esters is 1. The highest BCUT2D eigenvalue weighted by Crippen LogP contribution is 2.33. The van der Waals surface area contributed by atoms with E-state index >= 15 is 0 Å². The van der Waals surface area contributed by atoms with E-state index in [1.165, 1.54) is 31.2 Å². The van der Waals surface area contributed by atoms with Gasteiger partial charge in [-0.2, -0.15) is 5.10 Å². The SMILES string of the molecule is COC(=O)c1nn(-c2cc(OC)c(Br)cc2Br)ccc1=O. The monoisotopic (exact) mass is 416 g/mol. The fourth-order valence-corrected chi connectivity index (χ4v) is 2.97. The summed E-state index contributed by atoms with van der Waals surface area (Å²) in [6.45, 7) is 0. The van der Waals surface area contributed by atoms with Crippen molar-refractivity contribution in [3.05, 3.63) is 49.3 Å². The van der Waals surface area contributed by atoms with Crippen molar-refractivity contribution in [1.29, 1.82) is 0 Å². The molecule has 0 radical (unpaired) electrons. The van der Waals surface area contributed by atoms with Crippen LogP contribution in [0.1, 0.15) is 10.5 Å². The predicted molar refractivity (Wildman–Crippen MR) is 83.1 cm³/mol. The molecule has 0 amide bonds. The van der Waals surface area contributed by atoms with E-state index < -0.39 is 11.4 Å². The fourth-order valence-electron chi connectivity index (χ4n) is 1.63. The second kappa shape index (κ2) is 6.40. The topological polar surface area (TPSA) is 70.4 Å². The first-order valence-corrected chi connectivity index (χ1v) is 7.28. The molecule has 0 saturated carbocycles. The van der Waals surface area contributed by atoms with E-state index in [0.717, 1.165) is 4.47 Å². The first-order chi connectivity index (χ1) is 9.97. The van der Waals surface area contributed by atoms with E-state index in [0.29, 0.717) is 15.9 Å². The van der Waals surface area contributed by atoms with Crippen LogP contribution in [0.3, 0.4) is 0 Å². The number of carbonyl (C=O) groups is 1. The van der Waals surface area contributed by atoms with Gasteiger partial charge in [0.1, 0.15) is 5.75 Å². The maximum absolute atomic E-state index is 11.6. The summed E-state index contributed by atoms with van der Waals surface area (Å²) in [5, 5.41) is 4.01. The van der Waals surface area contributed by atoms with Crippen molar-refractivity contribution in [3.63, 3.8) is 0 Å². The van der Waals surface area contributed by atoms with Crippen molar-refractivity contribution >= 4 is 37.8 Å². The number of halogens is 2. The van der Waals surface area contributed by atoms with Crippen LogP contribution in [0.4, 0.5) is 0 Å². The zero-order chi connectivity index (χ0) is 15.6. The number of hydrogen-bond acceptors (Lipinski definition) is 5. The molecule has 2 aromatic rings. The Morgan fingerprint density at radius 3 is 2.57 bits per heavy atom. The van der Waals surface area contributed by atoms with E-state index in [1.54, 1.807) is 12.1 Å². The lowest BCUT2D eigenvalue weighted by Gasteiger charge is -2.11. The Balaban J connectivity index is 2.62. The lowest BCUT2D eigenvalue weighted by molar-refractivity contribution is 0.0590. The zero-order valence-electron chi connectivity index (χ0n) is 11.1. The number of benzene rings is 1. The molecule has 0 aliphatic carbocycles. The Hall–Kier alpha value is -1.67. The molecule has 6 nitrogen and oxygen atoms in total. The molecule has 0 N–H and O–H groups in total. The van der Waals surface area contributed by atoms with E-state index in [2.05, 4.69) is 41.7 Å². The average Bonchev–Trinajstić information content (AvgIpc) is 2.47. The number of carbonyl (C=O) groups excluding carboxylic acids is 1. The van der Waals surface area contributed by atoms with Gasteiger partial charge in [0.25, 0.3) is 0 Å². The predicted octanol–water partition coefficient (Wildman–Crippen LogP) is 2.55. The number of aromatic nitrogens is 2. The second-order valence-corrected chi connectivity index (χ2v) is 5.61. The summed E-state index contributed by atoms with van der Waals surface area (Å²) in [6.07, 6.45) is 1.46. The van der Waals surface area contributed by atoms with Crippen molar-refractivity contribution in [3.8, 4) is 11.4 Å². The molecule has 0 saturated heterocycles. The minimum absolute atomic E-state index is 0.284. The molecule has 110 valence electrons. The Labute approximate surface area is 136 Å². The quantitative estimate of drug-likeness (QED) is 0.717. The molecule has 0 bridgehead atoms. The number of hydrogen-bond donors (Lipinski definition) is 0. The van der Waals surface area contributed by atoms with Gasteiger partial charge >= 0.3 is 5.97 Å². The highest BCUT2D eigenvalue weighted by atomic mass is 79.9. The van der Waals surface area contributed by atoms with Crippen LogP contribution in [0.5, 0.6) is 5.75 Å². The highest BCUT2D eigenvalue weighted by Gasteiger charge is 2.15. The molecule has 1 aromatic carbocycles. The third-order valence-electron chi connectivity index (χ3n) is 2.66. The first-order valence-electron chi connectivity index (χ1n) is 5.69.